The smallest absolute Gasteiger partial charge is 0.196 e. The van der Waals surface area contributed by atoms with Gasteiger partial charge in [0.1, 0.15) is 0 Å². The van der Waals surface area contributed by atoms with Crippen LogP contribution in [-0.4, -0.2) is 11.6 Å². The second-order valence-electron chi connectivity index (χ2n) is 4.27. The fraction of sp³-hybridized carbons (Fsp3) is 0. The molecule has 19 heavy (non-hydrogen) atoms. The van der Waals surface area contributed by atoms with Gasteiger partial charge in [-0.25, -0.2) is 0 Å². The second kappa shape index (κ2) is 3.79. The molecule has 0 heterocycles. The van der Waals surface area contributed by atoms with Crippen molar-refractivity contribution in [1.29, 1.82) is 5.26 Å². The van der Waals surface area contributed by atoms with E-state index in [1.165, 1.54) is 12.1 Å². The highest BCUT2D eigenvalue weighted by atomic mass is 16.1. The lowest BCUT2D eigenvalue weighted by molar-refractivity contribution is 0.0979. The summed E-state index contributed by atoms with van der Waals surface area (Å²) in [6.07, 6.45) is 0. The van der Waals surface area contributed by atoms with Gasteiger partial charge in [-0.15, -0.1) is 0 Å². The number of nitrogens with zero attached hydrogens (tertiary/aromatic N) is 1. The monoisotopic (exact) mass is 248 g/mol. The summed E-state index contributed by atoms with van der Waals surface area (Å²) in [6.45, 7) is 0. The number of nitrogen functional groups attached to an aromatic ring is 1. The maximum atomic E-state index is 12.4. The average molecular weight is 248 g/mol. The number of anilines is 1. The van der Waals surface area contributed by atoms with Gasteiger partial charge < -0.3 is 5.73 Å². The zero-order chi connectivity index (χ0) is 13.6. The van der Waals surface area contributed by atoms with Gasteiger partial charge in [-0.2, -0.15) is 5.26 Å². The van der Waals surface area contributed by atoms with Gasteiger partial charge in [0.2, 0.25) is 0 Å². The number of nitriles is 1. The van der Waals surface area contributed by atoms with E-state index in [0.29, 0.717) is 11.1 Å². The summed E-state index contributed by atoms with van der Waals surface area (Å²) in [6, 6.07) is 11.4. The third-order valence-electron chi connectivity index (χ3n) is 3.23. The van der Waals surface area contributed by atoms with Crippen molar-refractivity contribution in [2.75, 3.05) is 5.73 Å². The van der Waals surface area contributed by atoms with Crippen LogP contribution < -0.4 is 5.73 Å². The Morgan fingerprint density at radius 1 is 0.895 bits per heavy atom. The lowest BCUT2D eigenvalue weighted by atomic mass is 9.81. The van der Waals surface area contributed by atoms with Gasteiger partial charge in [-0.05, 0) is 12.1 Å². The first-order valence-corrected chi connectivity index (χ1v) is 5.66. The number of fused-ring (bicyclic) bond motifs is 2. The van der Waals surface area contributed by atoms with Crippen LogP contribution in [-0.2, 0) is 0 Å². The summed E-state index contributed by atoms with van der Waals surface area (Å²) >= 11 is 0. The molecule has 0 radical (unpaired) electrons. The van der Waals surface area contributed by atoms with Crippen LogP contribution >= 0.6 is 0 Å². The van der Waals surface area contributed by atoms with E-state index < -0.39 is 0 Å². The van der Waals surface area contributed by atoms with E-state index in [1.54, 1.807) is 24.3 Å². The molecular weight excluding hydrogens is 240 g/mol. The molecule has 0 saturated carbocycles. The van der Waals surface area contributed by atoms with Gasteiger partial charge in [-0.3, -0.25) is 9.59 Å². The maximum Gasteiger partial charge on any atom is 0.196 e. The topological polar surface area (TPSA) is 83.9 Å². The third-order valence-corrected chi connectivity index (χ3v) is 3.23. The van der Waals surface area contributed by atoms with Crippen LogP contribution in [0.15, 0.2) is 36.4 Å². The maximum absolute atomic E-state index is 12.4. The van der Waals surface area contributed by atoms with E-state index in [-0.39, 0.29) is 33.9 Å². The highest BCUT2D eigenvalue weighted by Crippen LogP contribution is 2.32. The standard InChI is InChI=1S/C15H8N2O2/c16-7-8-5-6-11(17)13-12(8)14(18)9-3-1-2-4-10(9)15(13)19/h1-6H,17H2. The average Bonchev–Trinajstić information content (AvgIpc) is 2.44. The number of hydrogen-bond acceptors (Lipinski definition) is 4. The second-order valence-corrected chi connectivity index (χ2v) is 4.27. The Bertz CT molecular complexity index is 785. The number of benzene rings is 2. The summed E-state index contributed by atoms with van der Waals surface area (Å²) in [5.74, 6) is -0.631. The van der Waals surface area contributed by atoms with Crippen LogP contribution in [0.5, 0.6) is 0 Å². The molecule has 4 heteroatoms. The molecule has 1 aliphatic rings. The Morgan fingerprint density at radius 3 is 2.05 bits per heavy atom. The molecule has 2 aromatic carbocycles. The Kier molecular flexibility index (Phi) is 2.23. The SMILES string of the molecule is N#Cc1ccc(N)c2c1C(=O)c1ccccc1C2=O. The number of carbonyl (C=O) groups excluding carboxylic acids is 2. The fourth-order valence-electron chi connectivity index (χ4n) is 2.34. The molecule has 0 aliphatic heterocycles. The van der Waals surface area contributed by atoms with E-state index >= 15 is 0 Å². The van der Waals surface area contributed by atoms with Gasteiger partial charge in [0.05, 0.1) is 22.8 Å². The minimum Gasteiger partial charge on any atom is -0.398 e. The predicted octanol–water partition coefficient (Wildman–Crippen LogP) is 1.92. The lowest BCUT2D eigenvalue weighted by Gasteiger charge is -2.19. The molecular formula is C15H8N2O2. The molecule has 3 rings (SSSR count). The highest BCUT2D eigenvalue weighted by Gasteiger charge is 2.33. The third kappa shape index (κ3) is 1.39. The molecule has 0 saturated heterocycles. The van der Waals surface area contributed by atoms with Crippen molar-refractivity contribution in [3.63, 3.8) is 0 Å². The highest BCUT2D eigenvalue weighted by molar-refractivity contribution is 6.30. The van der Waals surface area contributed by atoms with E-state index in [4.69, 9.17) is 11.0 Å². The van der Waals surface area contributed by atoms with Crippen molar-refractivity contribution in [3.8, 4) is 6.07 Å². The summed E-state index contributed by atoms with van der Waals surface area (Å²) in [7, 11) is 0. The fourth-order valence-corrected chi connectivity index (χ4v) is 2.34. The van der Waals surface area contributed by atoms with Gasteiger partial charge in [0, 0.05) is 16.8 Å². The van der Waals surface area contributed by atoms with E-state index in [1.807, 2.05) is 6.07 Å². The molecule has 0 fully saturated rings. The van der Waals surface area contributed by atoms with E-state index in [2.05, 4.69) is 0 Å². The Hall–Kier alpha value is -2.93. The number of carbonyl (C=O) groups is 2. The molecule has 0 aromatic heterocycles. The van der Waals surface area contributed by atoms with E-state index in [9.17, 15) is 9.59 Å². The number of hydrogen-bond donors (Lipinski definition) is 1. The van der Waals surface area contributed by atoms with Crippen molar-refractivity contribution in [2.45, 2.75) is 0 Å². The van der Waals surface area contributed by atoms with Crippen molar-refractivity contribution in [1.82, 2.24) is 0 Å². The molecule has 0 atom stereocenters. The first kappa shape index (κ1) is 11.2. The van der Waals surface area contributed by atoms with Gasteiger partial charge in [0.15, 0.2) is 11.6 Å². The largest absolute Gasteiger partial charge is 0.398 e. The molecule has 0 amide bonds. The van der Waals surface area contributed by atoms with Crippen molar-refractivity contribution >= 4 is 17.3 Å². The van der Waals surface area contributed by atoms with Crippen LogP contribution in [0.2, 0.25) is 0 Å². The van der Waals surface area contributed by atoms with Crippen molar-refractivity contribution in [3.05, 3.63) is 64.2 Å². The zero-order valence-corrected chi connectivity index (χ0v) is 9.81. The van der Waals surface area contributed by atoms with Crippen LogP contribution in [0.4, 0.5) is 5.69 Å². The quantitative estimate of drug-likeness (QED) is 0.616. The van der Waals surface area contributed by atoms with Crippen LogP contribution in [0.3, 0.4) is 0 Å². The summed E-state index contributed by atoms with van der Waals surface area (Å²) in [4.78, 5) is 24.8. The summed E-state index contributed by atoms with van der Waals surface area (Å²) < 4.78 is 0. The molecule has 2 aromatic rings. The van der Waals surface area contributed by atoms with E-state index in [0.717, 1.165) is 0 Å². The number of nitrogens with two attached hydrogens (primary N) is 1. The van der Waals surface area contributed by atoms with Crippen molar-refractivity contribution < 1.29 is 9.59 Å². The molecule has 1 aliphatic carbocycles. The predicted molar refractivity (Wildman–Crippen MR) is 68.9 cm³/mol. The summed E-state index contributed by atoms with van der Waals surface area (Å²) in [5.41, 5.74) is 7.11. The van der Waals surface area contributed by atoms with Gasteiger partial charge in [-0.1, -0.05) is 24.3 Å². The minimum absolute atomic E-state index is 0.117. The van der Waals surface area contributed by atoms with Crippen LogP contribution in [0.25, 0.3) is 0 Å². The van der Waals surface area contributed by atoms with Crippen LogP contribution in [0.1, 0.15) is 37.4 Å². The molecule has 90 valence electrons. The normalized spacial score (nSPS) is 12.6. The zero-order valence-electron chi connectivity index (χ0n) is 9.81. The number of ketones is 2. The Balaban J connectivity index is 2.43. The molecule has 2 N–H and O–H groups in total. The Morgan fingerprint density at radius 2 is 1.47 bits per heavy atom. The van der Waals surface area contributed by atoms with Crippen LogP contribution in [0, 0.1) is 11.3 Å². The Labute approximate surface area is 109 Å². The molecule has 4 nitrogen and oxygen atoms in total. The molecule has 0 bridgehead atoms. The molecule has 0 spiro atoms. The summed E-state index contributed by atoms with van der Waals surface area (Å²) in [5, 5.41) is 9.08. The lowest BCUT2D eigenvalue weighted by Crippen LogP contribution is -2.23. The number of rotatable bonds is 0. The minimum atomic E-state index is -0.325. The van der Waals surface area contributed by atoms with Gasteiger partial charge >= 0.3 is 0 Å². The first-order valence-electron chi connectivity index (χ1n) is 5.66. The molecule has 0 unspecified atom stereocenters. The van der Waals surface area contributed by atoms with Crippen molar-refractivity contribution in [2.24, 2.45) is 0 Å². The van der Waals surface area contributed by atoms with Gasteiger partial charge in [0.25, 0.3) is 0 Å². The first-order chi connectivity index (χ1) is 9.15.